The number of nitrogens with zero attached hydrogens (tertiary/aromatic N) is 3. The first-order valence-electron chi connectivity index (χ1n) is 9.29. The summed E-state index contributed by atoms with van der Waals surface area (Å²) in [5.41, 5.74) is -2.77. The SMILES string of the molecule is CC(C)(O)c1cc(-c2nccs2)c2oc(N3CC4CC(C3)N4)nc2c1C(F)(F)F. The van der Waals surface area contributed by atoms with Gasteiger partial charge in [-0.25, -0.2) is 4.98 Å². The molecule has 2 bridgehead atoms. The van der Waals surface area contributed by atoms with Crippen molar-refractivity contribution in [1.29, 1.82) is 0 Å². The summed E-state index contributed by atoms with van der Waals surface area (Å²) in [5, 5.41) is 16.1. The molecule has 1 aromatic carbocycles. The highest BCUT2D eigenvalue weighted by molar-refractivity contribution is 7.13. The van der Waals surface area contributed by atoms with E-state index in [1.807, 2.05) is 4.90 Å². The number of aliphatic hydroxyl groups is 1. The van der Waals surface area contributed by atoms with Crippen LogP contribution in [0.5, 0.6) is 0 Å². The van der Waals surface area contributed by atoms with Crippen LogP contribution in [-0.2, 0) is 11.8 Å². The molecular formula is C19H19F3N4O2S. The molecule has 3 aliphatic heterocycles. The van der Waals surface area contributed by atoms with Crippen molar-refractivity contribution < 1.29 is 22.7 Å². The van der Waals surface area contributed by atoms with Gasteiger partial charge in [-0.2, -0.15) is 18.2 Å². The van der Waals surface area contributed by atoms with Gasteiger partial charge in [0.15, 0.2) is 5.58 Å². The van der Waals surface area contributed by atoms with E-state index in [4.69, 9.17) is 4.42 Å². The molecule has 3 saturated heterocycles. The molecule has 2 atom stereocenters. The first-order chi connectivity index (χ1) is 13.6. The molecule has 2 unspecified atom stereocenters. The summed E-state index contributed by atoms with van der Waals surface area (Å²) < 4.78 is 48.1. The van der Waals surface area contributed by atoms with E-state index in [0.29, 0.717) is 35.7 Å². The zero-order valence-electron chi connectivity index (χ0n) is 15.7. The van der Waals surface area contributed by atoms with Crippen molar-refractivity contribution in [2.75, 3.05) is 18.0 Å². The number of alkyl halides is 3. The predicted molar refractivity (Wildman–Crippen MR) is 103 cm³/mol. The lowest BCUT2D eigenvalue weighted by Crippen LogP contribution is -2.67. The Balaban J connectivity index is 1.77. The zero-order chi connectivity index (χ0) is 20.6. The average Bonchev–Trinajstić information content (AvgIpc) is 3.28. The monoisotopic (exact) mass is 424 g/mol. The summed E-state index contributed by atoms with van der Waals surface area (Å²) in [7, 11) is 0. The summed E-state index contributed by atoms with van der Waals surface area (Å²) in [6.07, 6.45) is -2.07. The Bertz CT molecular complexity index is 1060. The quantitative estimate of drug-likeness (QED) is 0.667. The van der Waals surface area contributed by atoms with Crippen molar-refractivity contribution in [1.82, 2.24) is 15.3 Å². The molecule has 2 N–H and O–H groups in total. The number of nitrogens with one attached hydrogen (secondary N) is 1. The van der Waals surface area contributed by atoms with Crippen molar-refractivity contribution in [2.45, 2.75) is 44.1 Å². The van der Waals surface area contributed by atoms with E-state index >= 15 is 0 Å². The molecular weight excluding hydrogens is 405 g/mol. The van der Waals surface area contributed by atoms with Gasteiger partial charge in [0.05, 0.1) is 16.7 Å². The van der Waals surface area contributed by atoms with Crippen LogP contribution in [-0.4, -0.2) is 40.2 Å². The molecule has 0 saturated carbocycles. The van der Waals surface area contributed by atoms with Crippen LogP contribution >= 0.6 is 11.3 Å². The summed E-state index contributed by atoms with van der Waals surface area (Å²) in [4.78, 5) is 10.4. The number of piperazine rings is 1. The van der Waals surface area contributed by atoms with Crippen LogP contribution in [0.1, 0.15) is 31.4 Å². The fourth-order valence-electron chi connectivity index (χ4n) is 4.16. The largest absolute Gasteiger partial charge is 0.423 e. The van der Waals surface area contributed by atoms with Crippen molar-refractivity contribution in [2.24, 2.45) is 0 Å². The summed E-state index contributed by atoms with van der Waals surface area (Å²) in [6, 6.07) is 2.11. The van der Waals surface area contributed by atoms with Crippen molar-refractivity contribution in [3.8, 4) is 10.6 Å². The maximum absolute atomic E-state index is 14.1. The van der Waals surface area contributed by atoms with E-state index in [-0.39, 0.29) is 22.7 Å². The highest BCUT2D eigenvalue weighted by Crippen LogP contribution is 2.46. The summed E-state index contributed by atoms with van der Waals surface area (Å²) in [6.45, 7) is 3.94. The van der Waals surface area contributed by atoms with Gasteiger partial charge in [-0.3, -0.25) is 0 Å². The number of fused-ring (bicyclic) bond motifs is 3. The van der Waals surface area contributed by atoms with Gasteiger partial charge in [0.25, 0.3) is 6.01 Å². The molecule has 0 spiro atoms. The molecule has 6 rings (SSSR count). The van der Waals surface area contributed by atoms with Gasteiger partial charge in [-0.15, -0.1) is 11.3 Å². The Labute approximate surface area is 168 Å². The lowest BCUT2D eigenvalue weighted by molar-refractivity contribution is -0.139. The van der Waals surface area contributed by atoms with Gasteiger partial charge < -0.3 is 19.7 Å². The minimum absolute atomic E-state index is 0.0440. The maximum atomic E-state index is 14.1. The molecule has 3 aliphatic rings. The third-order valence-electron chi connectivity index (χ3n) is 5.45. The fourth-order valence-corrected chi connectivity index (χ4v) is 4.81. The number of hydrogen-bond donors (Lipinski definition) is 2. The standard InChI is InChI=1S/C19H19F3N4O2S/c1-18(2,27)12-6-11(16-23-3-4-29-16)15-14(13(12)19(20,21)22)25-17(28-15)26-7-9-5-10(8-26)24-9/h3-4,6,9-10,24,27H,5,7-8H2,1-2H3. The zero-order valence-corrected chi connectivity index (χ0v) is 16.6. The number of thiazole rings is 1. The van der Waals surface area contributed by atoms with Crippen LogP contribution in [0.3, 0.4) is 0 Å². The van der Waals surface area contributed by atoms with Crippen LogP contribution in [0, 0.1) is 0 Å². The Hall–Kier alpha value is -2.17. The molecule has 29 heavy (non-hydrogen) atoms. The van der Waals surface area contributed by atoms with Gasteiger partial charge in [-0.05, 0) is 31.9 Å². The number of benzene rings is 1. The van der Waals surface area contributed by atoms with E-state index < -0.39 is 17.3 Å². The Kier molecular flexibility index (Phi) is 4.00. The first kappa shape index (κ1) is 18.8. The molecule has 10 heteroatoms. The molecule has 6 nitrogen and oxygen atoms in total. The lowest BCUT2D eigenvalue weighted by Gasteiger charge is -2.47. The highest BCUT2D eigenvalue weighted by atomic mass is 32.1. The number of halogens is 3. The number of oxazole rings is 1. The van der Waals surface area contributed by atoms with Crippen LogP contribution in [0.2, 0.25) is 0 Å². The number of piperidine rings is 1. The van der Waals surface area contributed by atoms with Gasteiger partial charge in [-0.1, -0.05) is 0 Å². The van der Waals surface area contributed by atoms with Gasteiger partial charge in [0.2, 0.25) is 0 Å². The minimum Gasteiger partial charge on any atom is -0.423 e. The van der Waals surface area contributed by atoms with Crippen LogP contribution < -0.4 is 10.2 Å². The van der Waals surface area contributed by atoms with Crippen molar-refractivity contribution >= 4 is 28.5 Å². The fraction of sp³-hybridized carbons (Fsp3) is 0.474. The van der Waals surface area contributed by atoms with Crippen LogP contribution in [0.15, 0.2) is 22.1 Å². The van der Waals surface area contributed by atoms with Gasteiger partial charge in [0, 0.05) is 36.8 Å². The number of aromatic nitrogens is 2. The second kappa shape index (κ2) is 6.16. The van der Waals surface area contributed by atoms with Crippen molar-refractivity contribution in [3.05, 3.63) is 28.8 Å². The third-order valence-corrected chi connectivity index (χ3v) is 6.26. The van der Waals surface area contributed by atoms with Crippen LogP contribution in [0.25, 0.3) is 21.7 Å². The third kappa shape index (κ3) is 3.10. The molecule has 0 radical (unpaired) electrons. The number of anilines is 1. The second-order valence-electron chi connectivity index (χ2n) is 8.12. The number of hydrogen-bond acceptors (Lipinski definition) is 7. The lowest BCUT2D eigenvalue weighted by atomic mass is 9.90. The molecule has 2 aromatic heterocycles. The molecule has 154 valence electrons. The van der Waals surface area contributed by atoms with E-state index in [9.17, 15) is 18.3 Å². The second-order valence-corrected chi connectivity index (χ2v) is 9.01. The molecule has 3 fully saturated rings. The molecule has 5 heterocycles. The van der Waals surface area contributed by atoms with Crippen molar-refractivity contribution in [3.63, 3.8) is 0 Å². The van der Waals surface area contributed by atoms with E-state index in [1.54, 1.807) is 11.6 Å². The van der Waals surface area contributed by atoms with Gasteiger partial charge in [0.1, 0.15) is 10.5 Å². The van der Waals surface area contributed by atoms with Crippen LogP contribution in [0.4, 0.5) is 19.2 Å². The number of rotatable bonds is 3. The molecule has 3 aromatic rings. The Morgan fingerprint density at radius 1 is 1.28 bits per heavy atom. The molecule has 0 amide bonds. The summed E-state index contributed by atoms with van der Waals surface area (Å²) >= 11 is 1.29. The van der Waals surface area contributed by atoms with E-state index in [1.165, 1.54) is 31.3 Å². The average molecular weight is 424 g/mol. The smallest absolute Gasteiger partial charge is 0.419 e. The van der Waals surface area contributed by atoms with E-state index in [2.05, 4.69) is 15.3 Å². The predicted octanol–water partition coefficient (Wildman–Crippen LogP) is 3.75. The maximum Gasteiger partial charge on any atom is 0.419 e. The Morgan fingerprint density at radius 3 is 2.52 bits per heavy atom. The minimum atomic E-state index is -4.70. The Morgan fingerprint density at radius 2 is 1.97 bits per heavy atom. The summed E-state index contributed by atoms with van der Waals surface area (Å²) in [5.74, 6) is 0. The van der Waals surface area contributed by atoms with Gasteiger partial charge >= 0.3 is 6.18 Å². The topological polar surface area (TPSA) is 74.4 Å². The van der Waals surface area contributed by atoms with E-state index in [0.717, 1.165) is 6.42 Å². The molecule has 0 aliphatic carbocycles. The normalized spacial score (nSPS) is 22.2. The first-order valence-corrected chi connectivity index (χ1v) is 10.2. The highest BCUT2D eigenvalue weighted by Gasteiger charge is 2.43.